The fourth-order valence-electron chi connectivity index (χ4n) is 3.59. The summed E-state index contributed by atoms with van der Waals surface area (Å²) in [6, 6.07) is 23.3. The number of amides is 3. The Labute approximate surface area is 210 Å². The van der Waals surface area contributed by atoms with Gasteiger partial charge in [-0.1, -0.05) is 73.2 Å². The Morgan fingerprint density at radius 3 is 1.94 bits per heavy atom. The number of unbranched alkanes of at least 4 members (excludes halogenated alkanes) is 1. The Bertz CT molecular complexity index is 1150. The summed E-state index contributed by atoms with van der Waals surface area (Å²) in [4.78, 5) is 36.2. The van der Waals surface area contributed by atoms with E-state index in [0.717, 1.165) is 11.1 Å². The summed E-state index contributed by atoms with van der Waals surface area (Å²) < 4.78 is 12.1. The summed E-state index contributed by atoms with van der Waals surface area (Å²) in [6.07, 6.45) is 1.51. The molecule has 0 aliphatic heterocycles. The molecule has 0 aliphatic carbocycles. The van der Waals surface area contributed by atoms with E-state index in [2.05, 4.69) is 5.32 Å². The van der Waals surface area contributed by atoms with Gasteiger partial charge >= 0.3 is 0 Å². The first-order valence-electron chi connectivity index (χ1n) is 11.8. The van der Waals surface area contributed by atoms with Crippen molar-refractivity contribution < 1.29 is 23.9 Å². The number of benzene rings is 3. The molecule has 5 N–H and O–H groups in total. The lowest BCUT2D eigenvalue weighted by atomic mass is 10.1. The molecule has 36 heavy (non-hydrogen) atoms. The van der Waals surface area contributed by atoms with Crippen LogP contribution in [-0.2, 0) is 22.8 Å². The number of nitrogens with one attached hydrogen (secondary N) is 1. The van der Waals surface area contributed by atoms with E-state index in [-0.39, 0.29) is 30.9 Å². The first kappa shape index (κ1) is 26.3. The van der Waals surface area contributed by atoms with Gasteiger partial charge in [0, 0.05) is 6.42 Å². The molecule has 0 saturated heterocycles. The highest BCUT2D eigenvalue weighted by Gasteiger charge is 2.23. The standard InChI is InChI=1S/C28H31N3O5/c29-25(32)17-8-7-15-23(27(30)33)31-28(34)22-14-9-16-24(35-18-20-10-3-1-4-11-20)26(22)36-19-21-12-5-2-6-13-21/h1-6,9-14,16,23H,7-8,15,17-19H2,(H2,29,32)(H2,30,33)(H,31,34)/t23-/m0/s1. The van der Waals surface area contributed by atoms with E-state index in [9.17, 15) is 14.4 Å². The molecule has 0 unspecified atom stereocenters. The second-order valence-electron chi connectivity index (χ2n) is 8.32. The third-order valence-electron chi connectivity index (χ3n) is 5.50. The zero-order valence-electron chi connectivity index (χ0n) is 20.0. The van der Waals surface area contributed by atoms with Crippen LogP contribution in [0.4, 0.5) is 0 Å². The van der Waals surface area contributed by atoms with Gasteiger partial charge in [-0.15, -0.1) is 0 Å². The van der Waals surface area contributed by atoms with Gasteiger partial charge in [-0.2, -0.15) is 0 Å². The van der Waals surface area contributed by atoms with Gasteiger partial charge in [0.15, 0.2) is 11.5 Å². The highest BCUT2D eigenvalue weighted by molar-refractivity contribution is 6.00. The van der Waals surface area contributed by atoms with Crippen LogP contribution in [0.1, 0.15) is 47.2 Å². The molecule has 0 radical (unpaired) electrons. The fourth-order valence-corrected chi connectivity index (χ4v) is 3.59. The first-order chi connectivity index (χ1) is 17.4. The number of hydrogen-bond acceptors (Lipinski definition) is 5. The van der Waals surface area contributed by atoms with E-state index in [1.807, 2.05) is 60.7 Å². The van der Waals surface area contributed by atoms with Gasteiger partial charge in [0.1, 0.15) is 19.3 Å². The maximum absolute atomic E-state index is 13.2. The summed E-state index contributed by atoms with van der Waals surface area (Å²) >= 11 is 0. The molecule has 1 atom stereocenters. The lowest BCUT2D eigenvalue weighted by Gasteiger charge is -2.19. The van der Waals surface area contributed by atoms with E-state index in [1.54, 1.807) is 18.2 Å². The van der Waals surface area contributed by atoms with Gasteiger partial charge < -0.3 is 26.3 Å². The molecule has 0 aromatic heterocycles. The van der Waals surface area contributed by atoms with Gasteiger partial charge in [0.2, 0.25) is 11.8 Å². The third kappa shape index (κ3) is 8.16. The summed E-state index contributed by atoms with van der Waals surface area (Å²) in [5.41, 5.74) is 12.8. The van der Waals surface area contributed by atoms with Crippen molar-refractivity contribution in [1.82, 2.24) is 5.32 Å². The monoisotopic (exact) mass is 489 g/mol. The maximum Gasteiger partial charge on any atom is 0.255 e. The molecule has 8 heteroatoms. The highest BCUT2D eigenvalue weighted by atomic mass is 16.5. The van der Waals surface area contributed by atoms with Crippen LogP contribution in [0.15, 0.2) is 78.9 Å². The maximum atomic E-state index is 13.2. The number of ether oxygens (including phenoxy) is 2. The number of carbonyl (C=O) groups is 3. The lowest BCUT2D eigenvalue weighted by molar-refractivity contribution is -0.120. The Kier molecular flexibility index (Phi) is 9.88. The average Bonchev–Trinajstić information content (AvgIpc) is 2.88. The molecule has 0 heterocycles. The van der Waals surface area contributed by atoms with Gasteiger partial charge in [-0.25, -0.2) is 0 Å². The molecule has 0 spiro atoms. The normalized spacial score (nSPS) is 11.3. The molecule has 3 rings (SSSR count). The van der Waals surface area contributed by atoms with E-state index in [1.165, 1.54) is 0 Å². The van der Waals surface area contributed by atoms with Crippen molar-refractivity contribution >= 4 is 17.7 Å². The van der Waals surface area contributed by atoms with Crippen LogP contribution in [-0.4, -0.2) is 23.8 Å². The summed E-state index contributed by atoms with van der Waals surface area (Å²) in [5, 5.41) is 2.70. The molecule has 3 aromatic rings. The Balaban J connectivity index is 1.79. The average molecular weight is 490 g/mol. The molecule has 3 aromatic carbocycles. The topological polar surface area (TPSA) is 134 Å². The van der Waals surface area contributed by atoms with Crippen LogP contribution < -0.4 is 26.3 Å². The van der Waals surface area contributed by atoms with Gasteiger partial charge in [-0.05, 0) is 36.1 Å². The lowest BCUT2D eigenvalue weighted by Crippen LogP contribution is -2.44. The fraction of sp³-hybridized carbons (Fsp3) is 0.250. The zero-order chi connectivity index (χ0) is 25.8. The predicted octanol–water partition coefficient (Wildman–Crippen LogP) is 3.47. The van der Waals surface area contributed by atoms with Crippen LogP contribution in [0.5, 0.6) is 11.5 Å². The van der Waals surface area contributed by atoms with Crippen molar-refractivity contribution in [2.24, 2.45) is 11.5 Å². The summed E-state index contributed by atoms with van der Waals surface area (Å²) in [6.45, 7) is 0.510. The first-order valence-corrected chi connectivity index (χ1v) is 11.8. The highest BCUT2D eigenvalue weighted by Crippen LogP contribution is 2.33. The van der Waals surface area contributed by atoms with Crippen molar-refractivity contribution in [3.8, 4) is 11.5 Å². The molecule has 0 bridgehead atoms. The number of carbonyl (C=O) groups excluding carboxylic acids is 3. The van der Waals surface area contributed by atoms with E-state index < -0.39 is 23.8 Å². The number of rotatable bonds is 14. The van der Waals surface area contributed by atoms with Crippen LogP contribution in [0.2, 0.25) is 0 Å². The minimum absolute atomic E-state index is 0.206. The van der Waals surface area contributed by atoms with Crippen molar-refractivity contribution in [2.45, 2.75) is 44.9 Å². The minimum Gasteiger partial charge on any atom is -0.485 e. The minimum atomic E-state index is -0.902. The number of hydrogen-bond donors (Lipinski definition) is 3. The molecule has 3 amide bonds. The number of primary amides is 2. The molecular formula is C28H31N3O5. The quantitative estimate of drug-likeness (QED) is 0.298. The third-order valence-corrected chi connectivity index (χ3v) is 5.50. The Morgan fingerprint density at radius 2 is 1.36 bits per heavy atom. The molecule has 8 nitrogen and oxygen atoms in total. The van der Waals surface area contributed by atoms with E-state index in [0.29, 0.717) is 25.0 Å². The van der Waals surface area contributed by atoms with Crippen molar-refractivity contribution in [3.63, 3.8) is 0 Å². The molecule has 188 valence electrons. The number of nitrogens with two attached hydrogens (primary N) is 2. The van der Waals surface area contributed by atoms with Crippen LogP contribution >= 0.6 is 0 Å². The molecule has 0 aliphatic rings. The number of para-hydroxylation sites is 1. The van der Waals surface area contributed by atoms with Crippen LogP contribution in [0.3, 0.4) is 0 Å². The van der Waals surface area contributed by atoms with Crippen molar-refractivity contribution in [3.05, 3.63) is 95.6 Å². The SMILES string of the molecule is NC(=O)CCCC[C@H](NC(=O)c1cccc(OCc2ccccc2)c1OCc1ccccc1)C(N)=O. The molecule has 0 fully saturated rings. The zero-order valence-corrected chi connectivity index (χ0v) is 20.0. The van der Waals surface area contributed by atoms with Crippen LogP contribution in [0.25, 0.3) is 0 Å². The largest absolute Gasteiger partial charge is 0.485 e. The van der Waals surface area contributed by atoms with E-state index in [4.69, 9.17) is 20.9 Å². The Hall–Kier alpha value is -4.33. The van der Waals surface area contributed by atoms with Crippen LogP contribution in [0, 0.1) is 0 Å². The summed E-state index contributed by atoms with van der Waals surface area (Å²) in [5.74, 6) is -0.916. The van der Waals surface area contributed by atoms with Crippen molar-refractivity contribution in [1.29, 1.82) is 0 Å². The molecular weight excluding hydrogens is 458 g/mol. The second kappa shape index (κ2) is 13.5. The van der Waals surface area contributed by atoms with Gasteiger partial charge in [0.25, 0.3) is 5.91 Å². The second-order valence-corrected chi connectivity index (χ2v) is 8.32. The van der Waals surface area contributed by atoms with Crippen molar-refractivity contribution in [2.75, 3.05) is 0 Å². The van der Waals surface area contributed by atoms with E-state index >= 15 is 0 Å². The molecule has 0 saturated carbocycles. The van der Waals surface area contributed by atoms with Gasteiger partial charge in [0.05, 0.1) is 5.56 Å². The Morgan fingerprint density at radius 1 is 0.750 bits per heavy atom. The summed E-state index contributed by atoms with van der Waals surface area (Å²) in [7, 11) is 0. The predicted molar refractivity (Wildman–Crippen MR) is 136 cm³/mol. The smallest absolute Gasteiger partial charge is 0.255 e. The van der Waals surface area contributed by atoms with Gasteiger partial charge in [-0.3, -0.25) is 14.4 Å².